The van der Waals surface area contributed by atoms with Crippen LogP contribution < -0.4 is 5.32 Å². The van der Waals surface area contributed by atoms with E-state index in [-0.39, 0.29) is 12.6 Å². The predicted octanol–water partition coefficient (Wildman–Crippen LogP) is 0.529. The average Bonchev–Trinajstić information content (AvgIpc) is 2.23. The largest absolute Gasteiger partial charge is 0.481 e. The number of rotatable bonds is 6. The molecule has 2 amide bonds. The second-order valence-corrected chi connectivity index (χ2v) is 4.51. The van der Waals surface area contributed by atoms with Gasteiger partial charge in [-0.25, -0.2) is 4.79 Å². The first kappa shape index (κ1) is 13.8. The molecule has 6 nitrogen and oxygen atoms in total. The minimum atomic E-state index is -0.816. The van der Waals surface area contributed by atoms with Crippen molar-refractivity contribution in [3.63, 3.8) is 0 Å². The Morgan fingerprint density at radius 1 is 1.47 bits per heavy atom. The summed E-state index contributed by atoms with van der Waals surface area (Å²) >= 11 is 0. The second kappa shape index (κ2) is 5.86. The van der Waals surface area contributed by atoms with E-state index in [0.717, 1.165) is 6.42 Å². The lowest BCUT2D eigenvalue weighted by Gasteiger charge is -2.37. The molecule has 0 aromatic carbocycles. The van der Waals surface area contributed by atoms with E-state index in [2.05, 4.69) is 5.32 Å². The molecule has 1 rings (SSSR count). The van der Waals surface area contributed by atoms with Crippen LogP contribution in [0.4, 0.5) is 4.79 Å². The molecule has 0 spiro atoms. The number of carboxylic acids is 1. The van der Waals surface area contributed by atoms with E-state index in [0.29, 0.717) is 26.0 Å². The summed E-state index contributed by atoms with van der Waals surface area (Å²) in [5.74, 6) is -0.816. The van der Waals surface area contributed by atoms with Gasteiger partial charge in [0.25, 0.3) is 0 Å². The Bertz CT molecular complexity index is 289. The van der Waals surface area contributed by atoms with Crippen molar-refractivity contribution in [2.75, 3.05) is 33.9 Å². The average molecular weight is 244 g/mol. The van der Waals surface area contributed by atoms with E-state index in [9.17, 15) is 9.59 Å². The van der Waals surface area contributed by atoms with Gasteiger partial charge in [0.2, 0.25) is 0 Å². The van der Waals surface area contributed by atoms with Gasteiger partial charge in [0, 0.05) is 27.2 Å². The molecule has 0 atom stereocenters. The number of likely N-dealkylation sites (N-methyl/N-ethyl adjacent to an activating group) is 1. The predicted molar refractivity (Wildman–Crippen MR) is 61.8 cm³/mol. The van der Waals surface area contributed by atoms with Gasteiger partial charge in [-0.1, -0.05) is 6.42 Å². The molecule has 0 unspecified atom stereocenters. The maximum Gasteiger partial charge on any atom is 0.317 e. The summed E-state index contributed by atoms with van der Waals surface area (Å²) in [5, 5.41) is 11.8. The molecule has 1 aliphatic carbocycles. The second-order valence-electron chi connectivity index (χ2n) is 4.51. The number of urea groups is 1. The normalized spacial score (nSPS) is 17.1. The highest BCUT2D eigenvalue weighted by Gasteiger charge is 2.44. The fourth-order valence-electron chi connectivity index (χ4n) is 1.78. The first-order valence-electron chi connectivity index (χ1n) is 5.73. The van der Waals surface area contributed by atoms with Crippen molar-refractivity contribution < 1.29 is 19.4 Å². The molecule has 1 fully saturated rings. The van der Waals surface area contributed by atoms with Crippen molar-refractivity contribution in [2.24, 2.45) is 5.41 Å². The quantitative estimate of drug-likeness (QED) is 0.714. The van der Waals surface area contributed by atoms with E-state index >= 15 is 0 Å². The summed E-state index contributed by atoms with van der Waals surface area (Å²) in [6.07, 6.45) is 2.20. The van der Waals surface area contributed by atoms with Gasteiger partial charge in [-0.3, -0.25) is 4.79 Å². The van der Waals surface area contributed by atoms with Crippen LogP contribution in [0, 0.1) is 5.41 Å². The third-order valence-corrected chi connectivity index (χ3v) is 3.32. The standard InChI is InChI=1S/C11H20N2O4/c1-13(6-7-17-2)10(16)12-8-11(9(14)15)4-3-5-11/h3-8H2,1-2H3,(H,12,16)(H,14,15). The maximum atomic E-state index is 11.6. The van der Waals surface area contributed by atoms with Gasteiger partial charge < -0.3 is 20.1 Å². The number of hydrogen-bond acceptors (Lipinski definition) is 3. The molecule has 2 N–H and O–H groups in total. The molecule has 1 aliphatic rings. The molecule has 0 radical (unpaired) electrons. The highest BCUT2D eigenvalue weighted by molar-refractivity contribution is 5.78. The Hall–Kier alpha value is -1.30. The van der Waals surface area contributed by atoms with Crippen LogP contribution in [0.25, 0.3) is 0 Å². The molecule has 0 aromatic rings. The Balaban J connectivity index is 2.34. The van der Waals surface area contributed by atoms with Crippen LogP contribution in [0.15, 0.2) is 0 Å². The van der Waals surface area contributed by atoms with Crippen molar-refractivity contribution in [3.8, 4) is 0 Å². The number of nitrogens with zero attached hydrogens (tertiary/aromatic N) is 1. The van der Waals surface area contributed by atoms with Gasteiger partial charge in [0.05, 0.1) is 12.0 Å². The smallest absolute Gasteiger partial charge is 0.317 e. The molecule has 0 aromatic heterocycles. The molecule has 0 aliphatic heterocycles. The Labute approximate surface area is 101 Å². The minimum absolute atomic E-state index is 0.207. The third kappa shape index (κ3) is 3.33. The molecule has 0 saturated heterocycles. The zero-order valence-corrected chi connectivity index (χ0v) is 10.4. The van der Waals surface area contributed by atoms with Crippen molar-refractivity contribution in [1.29, 1.82) is 0 Å². The first-order chi connectivity index (χ1) is 8.02. The maximum absolute atomic E-state index is 11.6. The van der Waals surface area contributed by atoms with E-state index in [4.69, 9.17) is 9.84 Å². The number of carbonyl (C=O) groups is 2. The van der Waals surface area contributed by atoms with Crippen molar-refractivity contribution in [1.82, 2.24) is 10.2 Å². The molecule has 1 saturated carbocycles. The SMILES string of the molecule is COCCN(C)C(=O)NCC1(C(=O)O)CCC1. The van der Waals surface area contributed by atoms with Crippen LogP contribution in [0.1, 0.15) is 19.3 Å². The summed E-state index contributed by atoms with van der Waals surface area (Å²) < 4.78 is 4.86. The fraction of sp³-hybridized carbons (Fsp3) is 0.818. The minimum Gasteiger partial charge on any atom is -0.481 e. The van der Waals surface area contributed by atoms with Crippen molar-refractivity contribution in [3.05, 3.63) is 0 Å². The number of carboxylic acid groups (broad SMARTS) is 1. The van der Waals surface area contributed by atoms with Gasteiger partial charge >= 0.3 is 12.0 Å². The molecule has 0 bridgehead atoms. The van der Waals surface area contributed by atoms with Crippen molar-refractivity contribution >= 4 is 12.0 Å². The number of hydrogen-bond donors (Lipinski definition) is 2. The number of amides is 2. The lowest BCUT2D eigenvalue weighted by atomic mass is 9.69. The summed E-state index contributed by atoms with van der Waals surface area (Å²) in [6, 6.07) is -0.255. The van der Waals surface area contributed by atoms with Crippen LogP contribution in [0.2, 0.25) is 0 Å². The Kier molecular flexibility index (Phi) is 4.74. The van der Waals surface area contributed by atoms with E-state index in [1.54, 1.807) is 14.2 Å². The van der Waals surface area contributed by atoms with Gasteiger partial charge in [0.1, 0.15) is 0 Å². The van der Waals surface area contributed by atoms with Gasteiger partial charge in [-0.05, 0) is 12.8 Å². The number of nitrogens with one attached hydrogen (secondary N) is 1. The topological polar surface area (TPSA) is 78.9 Å². The summed E-state index contributed by atoms with van der Waals surface area (Å²) in [6.45, 7) is 1.16. The highest BCUT2D eigenvalue weighted by atomic mass is 16.5. The van der Waals surface area contributed by atoms with Crippen LogP contribution in [-0.4, -0.2) is 55.9 Å². The van der Waals surface area contributed by atoms with E-state index in [1.165, 1.54) is 4.90 Å². The van der Waals surface area contributed by atoms with Crippen LogP contribution in [-0.2, 0) is 9.53 Å². The molecule has 6 heteroatoms. The first-order valence-corrected chi connectivity index (χ1v) is 5.73. The lowest BCUT2D eigenvalue weighted by molar-refractivity contribution is -0.153. The monoisotopic (exact) mass is 244 g/mol. The Morgan fingerprint density at radius 2 is 2.12 bits per heavy atom. The van der Waals surface area contributed by atoms with Crippen LogP contribution in [0.5, 0.6) is 0 Å². The van der Waals surface area contributed by atoms with Crippen LogP contribution >= 0.6 is 0 Å². The van der Waals surface area contributed by atoms with Gasteiger partial charge in [-0.2, -0.15) is 0 Å². The van der Waals surface area contributed by atoms with Crippen molar-refractivity contribution in [2.45, 2.75) is 19.3 Å². The third-order valence-electron chi connectivity index (χ3n) is 3.32. The van der Waals surface area contributed by atoms with Gasteiger partial charge in [0.15, 0.2) is 0 Å². The zero-order chi connectivity index (χ0) is 12.9. The van der Waals surface area contributed by atoms with E-state index < -0.39 is 11.4 Å². The lowest BCUT2D eigenvalue weighted by Crippen LogP contribution is -2.50. The Morgan fingerprint density at radius 3 is 2.53 bits per heavy atom. The fourth-order valence-corrected chi connectivity index (χ4v) is 1.78. The zero-order valence-electron chi connectivity index (χ0n) is 10.4. The molecule has 17 heavy (non-hydrogen) atoms. The summed E-state index contributed by atoms with van der Waals surface area (Å²) in [4.78, 5) is 24.2. The summed E-state index contributed by atoms with van der Waals surface area (Å²) in [5.41, 5.74) is -0.738. The van der Waals surface area contributed by atoms with E-state index in [1.807, 2.05) is 0 Å². The summed E-state index contributed by atoms with van der Waals surface area (Å²) in [7, 11) is 3.22. The van der Waals surface area contributed by atoms with Gasteiger partial charge in [-0.15, -0.1) is 0 Å². The highest BCUT2D eigenvalue weighted by Crippen LogP contribution is 2.40. The number of methoxy groups -OCH3 is 1. The molecule has 98 valence electrons. The number of aliphatic carboxylic acids is 1. The van der Waals surface area contributed by atoms with Crippen LogP contribution in [0.3, 0.4) is 0 Å². The molecular weight excluding hydrogens is 224 g/mol. The molecule has 0 heterocycles. The number of ether oxygens (including phenoxy) is 1. The number of carbonyl (C=O) groups excluding carboxylic acids is 1. The molecular formula is C11H20N2O4.